The van der Waals surface area contributed by atoms with Crippen molar-refractivity contribution >= 4 is 11.9 Å². The van der Waals surface area contributed by atoms with Crippen LogP contribution in [0.2, 0.25) is 0 Å². The number of hydrogen-bond acceptors (Lipinski definition) is 6. The van der Waals surface area contributed by atoms with Gasteiger partial charge in [-0.2, -0.15) is 0 Å². The van der Waals surface area contributed by atoms with Crippen molar-refractivity contribution in [2.75, 3.05) is 57.3 Å². The fraction of sp³-hybridized carbons (Fsp3) is 0.560. The number of rotatable bonds is 6. The topological polar surface area (TPSA) is 75.8 Å². The van der Waals surface area contributed by atoms with E-state index >= 15 is 0 Å². The van der Waals surface area contributed by atoms with Gasteiger partial charge in [0.05, 0.1) is 5.69 Å². The molecule has 2 aromatic rings. The molecule has 3 fully saturated rings. The van der Waals surface area contributed by atoms with Gasteiger partial charge in [-0.25, -0.2) is 4.98 Å². The third-order valence-corrected chi connectivity index (χ3v) is 7.23. The van der Waals surface area contributed by atoms with Gasteiger partial charge >= 0.3 is 0 Å². The van der Waals surface area contributed by atoms with Crippen LogP contribution in [0, 0.1) is 5.92 Å². The van der Waals surface area contributed by atoms with Gasteiger partial charge in [0, 0.05) is 77.4 Å². The van der Waals surface area contributed by atoms with Gasteiger partial charge in [-0.3, -0.25) is 24.4 Å². The van der Waals surface area contributed by atoms with Gasteiger partial charge < -0.3 is 9.80 Å². The average molecular weight is 451 g/mol. The van der Waals surface area contributed by atoms with Crippen LogP contribution in [0.3, 0.4) is 0 Å². The van der Waals surface area contributed by atoms with Crippen molar-refractivity contribution in [3.05, 3.63) is 58.0 Å². The highest BCUT2D eigenvalue weighted by Gasteiger charge is 2.31. The maximum absolute atomic E-state index is 12.5. The second-order valence-corrected chi connectivity index (χ2v) is 9.54. The van der Waals surface area contributed by atoms with Crippen molar-refractivity contribution in [3.8, 4) is 0 Å². The SMILES string of the molecule is O=C(C1CCC1)N1CCN(c2nc(CN3CCN(Cc4ccccc4)CC3)cc(=O)[nH]2)CC1. The van der Waals surface area contributed by atoms with E-state index in [4.69, 9.17) is 4.98 Å². The third kappa shape index (κ3) is 5.45. The number of benzene rings is 1. The number of hydrogen-bond donors (Lipinski definition) is 1. The predicted molar refractivity (Wildman–Crippen MR) is 128 cm³/mol. The second-order valence-electron chi connectivity index (χ2n) is 9.54. The molecule has 2 saturated heterocycles. The molecule has 1 N–H and O–H groups in total. The van der Waals surface area contributed by atoms with Crippen molar-refractivity contribution in [3.63, 3.8) is 0 Å². The Morgan fingerprint density at radius 2 is 1.58 bits per heavy atom. The number of nitrogens with one attached hydrogen (secondary N) is 1. The highest BCUT2D eigenvalue weighted by Crippen LogP contribution is 2.28. The summed E-state index contributed by atoms with van der Waals surface area (Å²) >= 11 is 0. The summed E-state index contributed by atoms with van der Waals surface area (Å²) in [5, 5.41) is 0. The van der Waals surface area contributed by atoms with Gasteiger partial charge in [-0.15, -0.1) is 0 Å². The van der Waals surface area contributed by atoms with E-state index < -0.39 is 0 Å². The highest BCUT2D eigenvalue weighted by atomic mass is 16.2. The molecule has 33 heavy (non-hydrogen) atoms. The first-order valence-electron chi connectivity index (χ1n) is 12.3. The van der Waals surface area contributed by atoms with E-state index in [0.29, 0.717) is 44.6 Å². The number of aromatic nitrogens is 2. The summed E-state index contributed by atoms with van der Waals surface area (Å²) in [5.74, 6) is 1.18. The zero-order chi connectivity index (χ0) is 22.6. The van der Waals surface area contributed by atoms with Gasteiger partial charge in [0.1, 0.15) is 0 Å². The van der Waals surface area contributed by atoms with Crippen molar-refractivity contribution in [1.29, 1.82) is 0 Å². The molecular formula is C25H34N6O2. The van der Waals surface area contributed by atoms with Crippen LogP contribution in [0.5, 0.6) is 0 Å². The lowest BCUT2D eigenvalue weighted by Crippen LogP contribution is -2.51. The fourth-order valence-corrected chi connectivity index (χ4v) is 4.95. The first-order valence-corrected chi connectivity index (χ1v) is 12.3. The Bertz CT molecular complexity index is 989. The van der Waals surface area contributed by atoms with Crippen LogP contribution in [0.4, 0.5) is 5.95 Å². The van der Waals surface area contributed by atoms with Crippen LogP contribution in [0.1, 0.15) is 30.5 Å². The quantitative estimate of drug-likeness (QED) is 0.720. The van der Waals surface area contributed by atoms with E-state index in [9.17, 15) is 9.59 Å². The molecular weight excluding hydrogens is 416 g/mol. The molecule has 0 atom stereocenters. The maximum Gasteiger partial charge on any atom is 0.252 e. The monoisotopic (exact) mass is 450 g/mol. The molecule has 0 bridgehead atoms. The summed E-state index contributed by atoms with van der Waals surface area (Å²) in [7, 11) is 0. The number of amides is 1. The first-order chi connectivity index (χ1) is 16.1. The molecule has 1 aliphatic carbocycles. The van der Waals surface area contributed by atoms with E-state index in [1.807, 2.05) is 4.90 Å². The van der Waals surface area contributed by atoms with E-state index in [-0.39, 0.29) is 11.5 Å². The minimum atomic E-state index is -0.106. The van der Waals surface area contributed by atoms with Gasteiger partial charge in [0.2, 0.25) is 11.9 Å². The molecule has 0 radical (unpaired) electrons. The maximum atomic E-state index is 12.5. The van der Waals surface area contributed by atoms with E-state index in [1.54, 1.807) is 6.07 Å². The number of nitrogens with zero attached hydrogens (tertiary/aromatic N) is 5. The number of anilines is 1. The third-order valence-electron chi connectivity index (χ3n) is 7.23. The molecule has 2 aliphatic heterocycles. The smallest absolute Gasteiger partial charge is 0.252 e. The highest BCUT2D eigenvalue weighted by molar-refractivity contribution is 5.79. The van der Waals surface area contributed by atoms with E-state index in [2.05, 4.69) is 50.0 Å². The van der Waals surface area contributed by atoms with Gasteiger partial charge in [0.15, 0.2) is 0 Å². The summed E-state index contributed by atoms with van der Waals surface area (Å²) in [6, 6.07) is 12.2. The minimum absolute atomic E-state index is 0.106. The first kappa shape index (κ1) is 22.1. The van der Waals surface area contributed by atoms with Gasteiger partial charge in [0.25, 0.3) is 5.56 Å². The predicted octanol–water partition coefficient (Wildman–Crippen LogP) is 1.54. The van der Waals surface area contributed by atoms with Crippen molar-refractivity contribution < 1.29 is 4.79 Å². The molecule has 8 heteroatoms. The number of H-pyrrole nitrogens is 1. The lowest BCUT2D eigenvalue weighted by atomic mass is 9.84. The molecule has 1 saturated carbocycles. The standard InChI is InChI=1S/C25H34N6O2/c32-23-17-22(19-29-11-9-28(10-12-29)18-20-5-2-1-3-6-20)26-25(27-23)31-15-13-30(14-16-31)24(33)21-7-4-8-21/h1-3,5-6,17,21H,4,7-16,18-19H2,(H,26,27,32). The lowest BCUT2D eigenvalue weighted by Gasteiger charge is -2.38. The number of piperazine rings is 2. The van der Waals surface area contributed by atoms with Crippen LogP contribution in [-0.2, 0) is 17.9 Å². The molecule has 176 valence electrons. The van der Waals surface area contributed by atoms with Crippen molar-refractivity contribution in [2.45, 2.75) is 32.4 Å². The second kappa shape index (κ2) is 10.1. The molecule has 0 spiro atoms. The zero-order valence-electron chi connectivity index (χ0n) is 19.3. The van der Waals surface area contributed by atoms with Crippen LogP contribution >= 0.6 is 0 Å². The van der Waals surface area contributed by atoms with Crippen LogP contribution < -0.4 is 10.5 Å². The summed E-state index contributed by atoms with van der Waals surface area (Å²) in [4.78, 5) is 41.5. The Labute approximate surface area is 195 Å². The Balaban J connectivity index is 1.14. The molecule has 1 amide bonds. The Hall–Kier alpha value is -2.71. The molecule has 1 aromatic carbocycles. The number of aromatic amines is 1. The zero-order valence-corrected chi connectivity index (χ0v) is 19.3. The molecule has 8 nitrogen and oxygen atoms in total. The Kier molecular flexibility index (Phi) is 6.73. The molecule has 3 heterocycles. The Morgan fingerprint density at radius 1 is 0.909 bits per heavy atom. The molecule has 5 rings (SSSR count). The van der Waals surface area contributed by atoms with E-state index in [0.717, 1.165) is 51.3 Å². The summed E-state index contributed by atoms with van der Waals surface area (Å²) in [5.41, 5.74) is 2.06. The fourth-order valence-electron chi connectivity index (χ4n) is 4.95. The summed E-state index contributed by atoms with van der Waals surface area (Å²) in [6.45, 7) is 8.47. The Morgan fingerprint density at radius 3 is 2.21 bits per heavy atom. The largest absolute Gasteiger partial charge is 0.339 e. The van der Waals surface area contributed by atoms with Gasteiger partial charge in [-0.1, -0.05) is 36.8 Å². The average Bonchev–Trinajstić information content (AvgIpc) is 2.80. The van der Waals surface area contributed by atoms with Gasteiger partial charge in [-0.05, 0) is 18.4 Å². The molecule has 1 aromatic heterocycles. The normalized spacial score (nSPS) is 20.6. The molecule has 3 aliphatic rings. The van der Waals surface area contributed by atoms with Crippen molar-refractivity contribution in [2.24, 2.45) is 5.92 Å². The number of carbonyl (C=O) groups is 1. The minimum Gasteiger partial charge on any atom is -0.339 e. The van der Waals surface area contributed by atoms with E-state index in [1.165, 1.54) is 12.0 Å². The van der Waals surface area contributed by atoms with Crippen LogP contribution in [0.25, 0.3) is 0 Å². The van der Waals surface area contributed by atoms with Crippen LogP contribution in [-0.4, -0.2) is 82.9 Å². The summed E-state index contributed by atoms with van der Waals surface area (Å²) < 4.78 is 0. The van der Waals surface area contributed by atoms with Crippen molar-refractivity contribution in [1.82, 2.24) is 24.7 Å². The number of carbonyl (C=O) groups excluding carboxylic acids is 1. The molecule has 0 unspecified atom stereocenters. The van der Waals surface area contributed by atoms with Crippen LogP contribution in [0.15, 0.2) is 41.2 Å². The lowest BCUT2D eigenvalue weighted by molar-refractivity contribution is -0.138. The summed E-state index contributed by atoms with van der Waals surface area (Å²) in [6.07, 6.45) is 3.25.